The fourth-order valence-electron chi connectivity index (χ4n) is 2.38. The molecule has 1 aliphatic rings. The van der Waals surface area contributed by atoms with Crippen molar-refractivity contribution in [1.82, 2.24) is 10.2 Å². The van der Waals surface area contributed by atoms with E-state index >= 15 is 0 Å². The summed E-state index contributed by atoms with van der Waals surface area (Å²) in [6, 6.07) is 5.35. The normalized spacial score (nSPS) is 17.6. The molecule has 20 heavy (non-hydrogen) atoms. The summed E-state index contributed by atoms with van der Waals surface area (Å²) in [5.41, 5.74) is 0.983. The second kappa shape index (κ2) is 7.04. The molecule has 0 aromatic heterocycles. The molecular formula is C16H25FN2O. The minimum absolute atomic E-state index is 0.134. The Morgan fingerprint density at radius 2 is 2.25 bits per heavy atom. The molecule has 0 radical (unpaired) electrons. The first kappa shape index (κ1) is 15.3. The zero-order chi connectivity index (χ0) is 14.5. The van der Waals surface area contributed by atoms with E-state index in [1.54, 1.807) is 12.1 Å². The molecule has 0 amide bonds. The molecule has 3 nitrogen and oxygen atoms in total. The van der Waals surface area contributed by atoms with E-state index in [1.807, 2.05) is 0 Å². The highest BCUT2D eigenvalue weighted by Gasteiger charge is 2.22. The molecule has 1 atom stereocenters. The van der Waals surface area contributed by atoms with Crippen LogP contribution in [-0.2, 0) is 6.42 Å². The third kappa shape index (κ3) is 4.18. The molecule has 1 aliphatic heterocycles. The van der Waals surface area contributed by atoms with Gasteiger partial charge in [-0.1, -0.05) is 0 Å². The first-order valence-electron chi connectivity index (χ1n) is 7.42. The predicted octanol–water partition coefficient (Wildman–Crippen LogP) is 2.45. The van der Waals surface area contributed by atoms with Gasteiger partial charge in [-0.2, -0.15) is 0 Å². The van der Waals surface area contributed by atoms with Crippen LogP contribution in [-0.4, -0.2) is 43.7 Å². The fourth-order valence-corrected chi connectivity index (χ4v) is 2.38. The van der Waals surface area contributed by atoms with E-state index in [1.165, 1.54) is 6.07 Å². The largest absolute Gasteiger partial charge is 0.488 e. The summed E-state index contributed by atoms with van der Waals surface area (Å²) in [5.74, 6) is 0.649. The molecule has 1 unspecified atom stereocenters. The van der Waals surface area contributed by atoms with Gasteiger partial charge in [0.25, 0.3) is 0 Å². The molecule has 2 rings (SSSR count). The average molecular weight is 280 g/mol. The van der Waals surface area contributed by atoms with Gasteiger partial charge in [0.1, 0.15) is 17.7 Å². The van der Waals surface area contributed by atoms with Gasteiger partial charge in [-0.05, 0) is 58.6 Å². The molecule has 0 saturated heterocycles. The second-order valence-corrected chi connectivity index (χ2v) is 5.83. The maximum Gasteiger partial charge on any atom is 0.123 e. The van der Waals surface area contributed by atoms with Crippen LogP contribution in [0.1, 0.15) is 25.8 Å². The van der Waals surface area contributed by atoms with Crippen molar-refractivity contribution in [2.45, 2.75) is 38.8 Å². The third-order valence-electron chi connectivity index (χ3n) is 3.88. The number of hydrogen-bond acceptors (Lipinski definition) is 3. The number of ether oxygens (including phenoxy) is 1. The third-order valence-corrected chi connectivity index (χ3v) is 3.88. The van der Waals surface area contributed by atoms with Gasteiger partial charge in [0, 0.05) is 24.6 Å². The average Bonchev–Trinajstić information content (AvgIpc) is 2.79. The van der Waals surface area contributed by atoms with E-state index in [2.05, 4.69) is 31.1 Å². The molecule has 1 heterocycles. The maximum atomic E-state index is 13.1. The summed E-state index contributed by atoms with van der Waals surface area (Å²) < 4.78 is 18.9. The number of fused-ring (bicyclic) bond motifs is 1. The molecule has 1 aromatic rings. The van der Waals surface area contributed by atoms with Crippen molar-refractivity contribution in [3.63, 3.8) is 0 Å². The Morgan fingerprint density at radius 3 is 3.00 bits per heavy atom. The van der Waals surface area contributed by atoms with E-state index in [0.717, 1.165) is 43.8 Å². The van der Waals surface area contributed by atoms with Crippen molar-refractivity contribution < 1.29 is 9.13 Å². The lowest BCUT2D eigenvalue weighted by molar-refractivity contribution is 0.224. The van der Waals surface area contributed by atoms with E-state index < -0.39 is 0 Å². The summed E-state index contributed by atoms with van der Waals surface area (Å²) in [4.78, 5) is 2.34. The quantitative estimate of drug-likeness (QED) is 0.777. The monoisotopic (exact) mass is 280 g/mol. The number of nitrogens with one attached hydrogen (secondary N) is 1. The molecule has 0 bridgehead atoms. The van der Waals surface area contributed by atoms with Crippen LogP contribution in [0.3, 0.4) is 0 Å². The van der Waals surface area contributed by atoms with Gasteiger partial charge in [-0.3, -0.25) is 0 Å². The van der Waals surface area contributed by atoms with Gasteiger partial charge < -0.3 is 15.0 Å². The smallest absolute Gasteiger partial charge is 0.123 e. The Labute approximate surface area is 121 Å². The van der Waals surface area contributed by atoms with Crippen LogP contribution in [0.5, 0.6) is 5.75 Å². The predicted molar refractivity (Wildman–Crippen MR) is 79.8 cm³/mol. The zero-order valence-corrected chi connectivity index (χ0v) is 12.7. The molecule has 112 valence electrons. The molecule has 1 N–H and O–H groups in total. The van der Waals surface area contributed by atoms with Gasteiger partial charge in [0.05, 0.1) is 0 Å². The Morgan fingerprint density at radius 1 is 1.45 bits per heavy atom. The summed E-state index contributed by atoms with van der Waals surface area (Å²) >= 11 is 0. The Balaban J connectivity index is 1.63. The standard InChI is InChI=1S/C16H25FN2O/c1-12(2)19(3)8-4-7-18-11-15-10-13-9-14(17)5-6-16(13)20-15/h5-6,9,12,15,18H,4,7-8,10-11H2,1-3H3. The van der Waals surface area contributed by atoms with E-state index in [-0.39, 0.29) is 11.9 Å². The van der Waals surface area contributed by atoms with Gasteiger partial charge in [-0.15, -0.1) is 0 Å². The first-order chi connectivity index (χ1) is 9.56. The van der Waals surface area contributed by atoms with Gasteiger partial charge in [0.2, 0.25) is 0 Å². The van der Waals surface area contributed by atoms with Crippen LogP contribution >= 0.6 is 0 Å². The number of benzene rings is 1. The highest BCUT2D eigenvalue weighted by atomic mass is 19.1. The molecule has 0 saturated carbocycles. The van der Waals surface area contributed by atoms with Crippen LogP contribution in [0.15, 0.2) is 18.2 Å². The summed E-state index contributed by atoms with van der Waals surface area (Å²) in [6.07, 6.45) is 2.06. The van der Waals surface area contributed by atoms with Crippen molar-refractivity contribution in [1.29, 1.82) is 0 Å². The van der Waals surface area contributed by atoms with Crippen molar-refractivity contribution >= 4 is 0 Å². The van der Waals surface area contributed by atoms with Crippen LogP contribution in [0.25, 0.3) is 0 Å². The lowest BCUT2D eigenvalue weighted by atomic mass is 10.1. The van der Waals surface area contributed by atoms with Gasteiger partial charge in [-0.25, -0.2) is 4.39 Å². The van der Waals surface area contributed by atoms with Gasteiger partial charge in [0.15, 0.2) is 0 Å². The van der Waals surface area contributed by atoms with E-state index in [4.69, 9.17) is 4.74 Å². The number of nitrogens with zero attached hydrogens (tertiary/aromatic N) is 1. The Hall–Kier alpha value is -1.13. The topological polar surface area (TPSA) is 24.5 Å². The number of hydrogen-bond donors (Lipinski definition) is 1. The summed E-state index contributed by atoms with van der Waals surface area (Å²) in [7, 11) is 2.15. The van der Waals surface area contributed by atoms with Crippen molar-refractivity contribution in [3.05, 3.63) is 29.6 Å². The second-order valence-electron chi connectivity index (χ2n) is 5.83. The van der Waals surface area contributed by atoms with E-state index in [9.17, 15) is 4.39 Å². The minimum atomic E-state index is -0.183. The molecule has 1 aromatic carbocycles. The highest BCUT2D eigenvalue weighted by Crippen LogP contribution is 2.28. The summed E-state index contributed by atoms with van der Waals surface area (Å²) in [5, 5.41) is 3.43. The van der Waals surface area contributed by atoms with Crippen LogP contribution in [0.4, 0.5) is 4.39 Å². The molecular weight excluding hydrogens is 255 g/mol. The van der Waals surface area contributed by atoms with Crippen molar-refractivity contribution in [2.24, 2.45) is 0 Å². The maximum absolute atomic E-state index is 13.1. The van der Waals surface area contributed by atoms with Crippen LogP contribution in [0.2, 0.25) is 0 Å². The molecule has 0 aliphatic carbocycles. The zero-order valence-electron chi connectivity index (χ0n) is 12.7. The number of rotatable bonds is 7. The van der Waals surface area contributed by atoms with Crippen LogP contribution in [0, 0.1) is 5.82 Å². The first-order valence-corrected chi connectivity index (χ1v) is 7.42. The number of halogens is 1. The Kier molecular flexibility index (Phi) is 5.38. The highest BCUT2D eigenvalue weighted by molar-refractivity contribution is 5.37. The van der Waals surface area contributed by atoms with Gasteiger partial charge >= 0.3 is 0 Å². The minimum Gasteiger partial charge on any atom is -0.488 e. The Bertz CT molecular complexity index is 436. The van der Waals surface area contributed by atoms with Crippen molar-refractivity contribution in [3.8, 4) is 5.75 Å². The summed E-state index contributed by atoms with van der Waals surface area (Å²) in [6.45, 7) is 7.32. The molecule has 4 heteroatoms. The SMILES string of the molecule is CC(C)N(C)CCCNCC1Cc2cc(F)ccc2O1. The van der Waals surface area contributed by atoms with Crippen LogP contribution < -0.4 is 10.1 Å². The fraction of sp³-hybridized carbons (Fsp3) is 0.625. The molecule has 0 spiro atoms. The van der Waals surface area contributed by atoms with E-state index in [0.29, 0.717) is 6.04 Å². The lowest BCUT2D eigenvalue weighted by Gasteiger charge is -2.21. The lowest BCUT2D eigenvalue weighted by Crippen LogP contribution is -2.33. The van der Waals surface area contributed by atoms with Crippen molar-refractivity contribution in [2.75, 3.05) is 26.7 Å². The molecule has 0 fully saturated rings.